The summed E-state index contributed by atoms with van der Waals surface area (Å²) in [4.78, 5) is 29.5. The summed E-state index contributed by atoms with van der Waals surface area (Å²) in [5.41, 5.74) is 1.35. The van der Waals surface area contributed by atoms with Gasteiger partial charge in [0.1, 0.15) is 16.8 Å². The van der Waals surface area contributed by atoms with Gasteiger partial charge >= 0.3 is 5.97 Å². The Labute approximate surface area is 201 Å². The first-order chi connectivity index (χ1) is 15.7. The van der Waals surface area contributed by atoms with E-state index in [-0.39, 0.29) is 35.6 Å². The Bertz CT molecular complexity index is 872. The molecule has 4 atom stereocenters. The summed E-state index contributed by atoms with van der Waals surface area (Å²) in [5, 5.41) is 19.1. The molecule has 0 spiro atoms. The Morgan fingerprint density at radius 2 is 1.85 bits per heavy atom. The number of hydrogen-bond donors (Lipinski definition) is 3. The fourth-order valence-electron chi connectivity index (χ4n) is 3.77. The molecule has 3 unspecified atom stereocenters. The van der Waals surface area contributed by atoms with Gasteiger partial charge in [-0.25, -0.2) is 4.98 Å². The fourth-order valence-corrected chi connectivity index (χ4v) is 4.56. The third kappa shape index (κ3) is 8.53. The number of hydrogen-bond acceptors (Lipinski definition) is 7. The predicted octanol–water partition coefficient (Wildman–Crippen LogP) is 3.74. The van der Waals surface area contributed by atoms with Crippen molar-refractivity contribution in [1.29, 1.82) is 0 Å². The number of esters is 1. The molecule has 2 rings (SSSR count). The topological polar surface area (TPSA) is 101 Å². The summed E-state index contributed by atoms with van der Waals surface area (Å²) >= 11 is 1.28. The Balaban J connectivity index is 2.09. The number of carbonyl (C=O) groups is 2. The van der Waals surface area contributed by atoms with Crippen molar-refractivity contribution in [2.75, 3.05) is 13.7 Å². The van der Waals surface area contributed by atoms with Crippen LogP contribution in [0.4, 0.5) is 0 Å². The molecule has 0 fully saturated rings. The van der Waals surface area contributed by atoms with Crippen molar-refractivity contribution >= 4 is 23.2 Å². The molecule has 0 radical (unpaired) electrons. The molecule has 0 aliphatic rings. The summed E-state index contributed by atoms with van der Waals surface area (Å²) in [6, 6.07) is 9.74. The summed E-state index contributed by atoms with van der Waals surface area (Å²) in [5.74, 6) is -0.558. The monoisotopic (exact) mass is 475 g/mol. The van der Waals surface area contributed by atoms with Crippen LogP contribution in [-0.4, -0.2) is 47.7 Å². The largest absolute Gasteiger partial charge is 0.466 e. The fraction of sp³-hybridized carbons (Fsp3) is 0.560. The van der Waals surface area contributed by atoms with Gasteiger partial charge in [0.2, 0.25) is 0 Å². The number of ether oxygens (including phenoxy) is 1. The summed E-state index contributed by atoms with van der Waals surface area (Å²) in [6.45, 7) is 8.11. The van der Waals surface area contributed by atoms with Gasteiger partial charge in [0.15, 0.2) is 0 Å². The Morgan fingerprint density at radius 1 is 1.15 bits per heavy atom. The lowest BCUT2D eigenvalue weighted by Crippen LogP contribution is -2.39. The van der Waals surface area contributed by atoms with Gasteiger partial charge in [0, 0.05) is 17.5 Å². The second-order valence-corrected chi connectivity index (χ2v) is 9.60. The molecule has 1 heterocycles. The van der Waals surface area contributed by atoms with Crippen LogP contribution in [0.25, 0.3) is 0 Å². The maximum atomic E-state index is 13.0. The number of benzene rings is 1. The first-order valence-electron chi connectivity index (χ1n) is 11.6. The number of amides is 1. The smallest absolute Gasteiger partial charge is 0.308 e. The van der Waals surface area contributed by atoms with Crippen LogP contribution in [0.15, 0.2) is 35.7 Å². The van der Waals surface area contributed by atoms with E-state index in [4.69, 9.17) is 4.74 Å². The van der Waals surface area contributed by atoms with Gasteiger partial charge in [0.05, 0.1) is 12.5 Å². The van der Waals surface area contributed by atoms with E-state index in [2.05, 4.69) is 29.5 Å². The number of nitrogens with one attached hydrogen (secondary N) is 2. The van der Waals surface area contributed by atoms with E-state index in [1.165, 1.54) is 11.3 Å². The van der Waals surface area contributed by atoms with Crippen molar-refractivity contribution in [1.82, 2.24) is 15.6 Å². The molecule has 2 aromatic rings. The van der Waals surface area contributed by atoms with Gasteiger partial charge in [-0.2, -0.15) is 0 Å². The minimum Gasteiger partial charge on any atom is -0.466 e. The molecule has 0 aliphatic carbocycles. The van der Waals surface area contributed by atoms with Crippen molar-refractivity contribution < 1.29 is 19.4 Å². The van der Waals surface area contributed by atoms with Crippen LogP contribution in [0.3, 0.4) is 0 Å². The standard InChI is InChI=1S/C25H37N3O4S/c1-6-32-25(31)17(4)12-19(13-18-10-8-7-9-11-18)27-23(30)21-15-33-24(28-21)22(29)14-20(26-5)16(2)3/h7-11,15-17,19-20,22,26,29H,6,12-14H2,1-5H3,(H,27,30)/t17?,19-,20?,22?/m1/s1. The van der Waals surface area contributed by atoms with Crippen LogP contribution in [0, 0.1) is 11.8 Å². The normalized spacial score (nSPS) is 15.0. The SMILES string of the molecule is CCOC(=O)C(C)C[C@H](Cc1ccccc1)NC(=O)c1csc(C(O)CC(NC)C(C)C)n1. The summed E-state index contributed by atoms with van der Waals surface area (Å²) < 4.78 is 5.14. The molecular formula is C25H37N3O4S. The first-order valence-corrected chi connectivity index (χ1v) is 12.4. The van der Waals surface area contributed by atoms with Gasteiger partial charge in [-0.05, 0) is 44.7 Å². The quantitative estimate of drug-likeness (QED) is 0.382. The van der Waals surface area contributed by atoms with Gasteiger partial charge in [-0.15, -0.1) is 11.3 Å². The Morgan fingerprint density at radius 3 is 2.45 bits per heavy atom. The first kappa shape index (κ1) is 27.0. The van der Waals surface area contributed by atoms with E-state index >= 15 is 0 Å². The number of thiazole rings is 1. The van der Waals surface area contributed by atoms with Crippen molar-refractivity contribution in [2.45, 2.75) is 65.1 Å². The highest BCUT2D eigenvalue weighted by atomic mass is 32.1. The van der Waals surface area contributed by atoms with Crippen molar-refractivity contribution in [3.8, 4) is 0 Å². The molecule has 0 bridgehead atoms. The highest BCUT2D eigenvalue weighted by molar-refractivity contribution is 7.09. The zero-order valence-corrected chi connectivity index (χ0v) is 21.0. The van der Waals surface area contributed by atoms with Crippen LogP contribution >= 0.6 is 11.3 Å². The molecule has 0 aliphatic heterocycles. The maximum absolute atomic E-state index is 13.0. The molecule has 33 heavy (non-hydrogen) atoms. The lowest BCUT2D eigenvalue weighted by Gasteiger charge is -2.22. The Hall–Kier alpha value is -2.29. The van der Waals surface area contributed by atoms with Gasteiger partial charge in [-0.3, -0.25) is 9.59 Å². The van der Waals surface area contributed by atoms with Crippen LogP contribution in [0.5, 0.6) is 0 Å². The van der Waals surface area contributed by atoms with Crippen molar-refractivity contribution in [2.24, 2.45) is 11.8 Å². The molecule has 182 valence electrons. The zero-order chi connectivity index (χ0) is 24.4. The van der Waals surface area contributed by atoms with Crippen LogP contribution in [0.1, 0.15) is 67.7 Å². The van der Waals surface area contributed by atoms with Gasteiger partial charge in [0.25, 0.3) is 5.91 Å². The second kappa shape index (κ2) is 13.4. The molecule has 0 saturated heterocycles. The number of rotatable bonds is 13. The van der Waals surface area contributed by atoms with Crippen molar-refractivity contribution in [3.05, 3.63) is 52.0 Å². The van der Waals surface area contributed by atoms with Crippen molar-refractivity contribution in [3.63, 3.8) is 0 Å². The molecule has 7 nitrogen and oxygen atoms in total. The molecule has 1 aromatic heterocycles. The predicted molar refractivity (Wildman–Crippen MR) is 131 cm³/mol. The zero-order valence-electron chi connectivity index (χ0n) is 20.2. The molecule has 3 N–H and O–H groups in total. The van der Waals surface area contributed by atoms with E-state index in [0.29, 0.717) is 36.8 Å². The van der Waals surface area contributed by atoms with E-state index in [1.54, 1.807) is 12.3 Å². The number of aliphatic hydroxyl groups excluding tert-OH is 1. The van der Waals surface area contributed by atoms with Gasteiger partial charge in [-0.1, -0.05) is 51.1 Å². The Kier molecular flexibility index (Phi) is 11.0. The van der Waals surface area contributed by atoms with Crippen LogP contribution in [-0.2, 0) is 16.0 Å². The third-order valence-electron chi connectivity index (χ3n) is 5.68. The number of aromatic nitrogens is 1. The number of aliphatic hydroxyl groups is 1. The number of nitrogens with zero attached hydrogens (tertiary/aromatic N) is 1. The third-order valence-corrected chi connectivity index (χ3v) is 6.63. The highest BCUT2D eigenvalue weighted by Gasteiger charge is 2.25. The molecular weight excluding hydrogens is 438 g/mol. The minimum atomic E-state index is -0.736. The van der Waals surface area contributed by atoms with Crippen LogP contribution < -0.4 is 10.6 Å². The van der Waals surface area contributed by atoms with E-state index in [0.717, 1.165) is 5.56 Å². The van der Waals surface area contributed by atoms with E-state index < -0.39 is 6.10 Å². The minimum absolute atomic E-state index is 0.154. The van der Waals surface area contributed by atoms with E-state index in [9.17, 15) is 14.7 Å². The number of carbonyl (C=O) groups excluding carboxylic acids is 2. The molecule has 1 aromatic carbocycles. The second-order valence-electron chi connectivity index (χ2n) is 8.71. The lowest BCUT2D eigenvalue weighted by atomic mass is 9.96. The lowest BCUT2D eigenvalue weighted by molar-refractivity contribution is -0.147. The van der Waals surface area contributed by atoms with E-state index in [1.807, 2.05) is 44.3 Å². The van der Waals surface area contributed by atoms with Crippen LogP contribution in [0.2, 0.25) is 0 Å². The maximum Gasteiger partial charge on any atom is 0.308 e. The summed E-state index contributed by atoms with van der Waals surface area (Å²) in [6.07, 6.45) is 0.836. The molecule has 0 saturated carbocycles. The molecule has 8 heteroatoms. The summed E-state index contributed by atoms with van der Waals surface area (Å²) in [7, 11) is 1.88. The van der Waals surface area contributed by atoms with Gasteiger partial charge < -0.3 is 20.5 Å². The average molecular weight is 476 g/mol. The average Bonchev–Trinajstić information content (AvgIpc) is 3.28. The molecule has 1 amide bonds. The highest BCUT2D eigenvalue weighted by Crippen LogP contribution is 2.24.